The van der Waals surface area contributed by atoms with E-state index in [-0.39, 0.29) is 28.8 Å². The molecule has 140 valence electrons. The van der Waals surface area contributed by atoms with E-state index in [9.17, 15) is 14.4 Å². The van der Waals surface area contributed by atoms with E-state index in [1.54, 1.807) is 11.0 Å². The van der Waals surface area contributed by atoms with E-state index >= 15 is 0 Å². The second-order valence-corrected chi connectivity index (χ2v) is 7.12. The Labute approximate surface area is 162 Å². The van der Waals surface area contributed by atoms with E-state index in [1.165, 1.54) is 12.1 Å². The topological polar surface area (TPSA) is 92.5 Å². The number of likely N-dealkylation sites (tertiary alicyclic amines) is 1. The monoisotopic (exact) mass is 385 g/mol. The van der Waals surface area contributed by atoms with Crippen molar-refractivity contribution < 1.29 is 14.4 Å². The number of amides is 3. The highest BCUT2D eigenvalue weighted by Crippen LogP contribution is 2.24. The van der Waals surface area contributed by atoms with Gasteiger partial charge in [0.1, 0.15) is 0 Å². The highest BCUT2D eigenvalue weighted by Gasteiger charge is 2.34. The van der Waals surface area contributed by atoms with Gasteiger partial charge in [0.15, 0.2) is 0 Å². The van der Waals surface area contributed by atoms with Crippen molar-refractivity contribution in [2.45, 2.75) is 19.9 Å². The molecule has 1 aliphatic rings. The molecule has 1 fully saturated rings. The van der Waals surface area contributed by atoms with Crippen LogP contribution in [0.1, 0.15) is 27.9 Å². The van der Waals surface area contributed by atoms with Gasteiger partial charge in [0, 0.05) is 25.2 Å². The number of nitrogens with two attached hydrogens (primary N) is 1. The van der Waals surface area contributed by atoms with Gasteiger partial charge in [-0.3, -0.25) is 14.4 Å². The van der Waals surface area contributed by atoms with Crippen molar-refractivity contribution in [1.82, 2.24) is 4.90 Å². The lowest BCUT2D eigenvalue weighted by Gasteiger charge is -2.17. The van der Waals surface area contributed by atoms with Crippen molar-refractivity contribution in [2.24, 2.45) is 11.7 Å². The largest absolute Gasteiger partial charge is 0.366 e. The number of carbonyl (C=O) groups is 3. The first kappa shape index (κ1) is 18.9. The molecule has 27 heavy (non-hydrogen) atoms. The normalized spacial score (nSPS) is 16.4. The number of nitrogens with zero attached hydrogens (tertiary/aromatic N) is 1. The lowest BCUT2D eigenvalue weighted by atomic mass is 10.1. The van der Waals surface area contributed by atoms with Crippen LogP contribution < -0.4 is 11.1 Å². The number of primary amides is 1. The first-order valence-electron chi connectivity index (χ1n) is 8.57. The lowest BCUT2D eigenvalue weighted by Crippen LogP contribution is -2.28. The number of halogens is 1. The molecule has 6 nitrogen and oxygen atoms in total. The van der Waals surface area contributed by atoms with Crippen LogP contribution in [0.2, 0.25) is 5.02 Å². The van der Waals surface area contributed by atoms with Gasteiger partial charge in [0.2, 0.25) is 17.7 Å². The average Bonchev–Trinajstić information content (AvgIpc) is 2.97. The molecule has 2 aromatic carbocycles. The van der Waals surface area contributed by atoms with Crippen LogP contribution in [0.25, 0.3) is 0 Å². The zero-order valence-corrected chi connectivity index (χ0v) is 15.6. The molecule has 3 rings (SSSR count). The van der Waals surface area contributed by atoms with Gasteiger partial charge < -0.3 is 16.0 Å². The summed E-state index contributed by atoms with van der Waals surface area (Å²) < 4.78 is 0. The van der Waals surface area contributed by atoms with Gasteiger partial charge in [-0.2, -0.15) is 0 Å². The standard InChI is InChI=1S/C20H20ClN3O3/c1-12-2-4-13(5-3-12)10-24-11-14(8-18(24)25)20(27)23-15-6-7-16(19(22)26)17(21)9-15/h2-7,9,14H,8,10-11H2,1H3,(H2,22,26)(H,23,27). The Hall–Kier alpha value is -2.86. The van der Waals surface area contributed by atoms with Crippen molar-refractivity contribution >= 4 is 35.0 Å². The zero-order chi connectivity index (χ0) is 19.6. The molecule has 7 heteroatoms. The minimum Gasteiger partial charge on any atom is -0.366 e. The predicted molar refractivity (Wildman–Crippen MR) is 103 cm³/mol. The Balaban J connectivity index is 1.62. The maximum Gasteiger partial charge on any atom is 0.250 e. The predicted octanol–water partition coefficient (Wildman–Crippen LogP) is 2.73. The SMILES string of the molecule is Cc1ccc(CN2CC(C(=O)Nc3ccc(C(N)=O)c(Cl)c3)CC2=O)cc1. The Morgan fingerprint density at radius 2 is 1.93 bits per heavy atom. The molecule has 0 aliphatic carbocycles. The molecule has 1 saturated heterocycles. The van der Waals surface area contributed by atoms with Gasteiger partial charge in [-0.25, -0.2) is 0 Å². The summed E-state index contributed by atoms with van der Waals surface area (Å²) in [5.74, 6) is -1.36. The second-order valence-electron chi connectivity index (χ2n) is 6.71. The van der Waals surface area contributed by atoms with Crippen molar-refractivity contribution in [3.8, 4) is 0 Å². The molecule has 3 amide bonds. The quantitative estimate of drug-likeness (QED) is 0.828. The number of rotatable bonds is 5. The third-order valence-corrected chi connectivity index (χ3v) is 4.89. The fourth-order valence-electron chi connectivity index (χ4n) is 3.05. The van der Waals surface area contributed by atoms with E-state index in [1.807, 2.05) is 31.2 Å². The van der Waals surface area contributed by atoms with Gasteiger partial charge in [-0.05, 0) is 30.7 Å². The maximum absolute atomic E-state index is 12.5. The number of anilines is 1. The minimum atomic E-state index is -0.633. The summed E-state index contributed by atoms with van der Waals surface area (Å²) in [6.07, 6.45) is 0.171. The number of hydrogen-bond donors (Lipinski definition) is 2. The summed E-state index contributed by atoms with van der Waals surface area (Å²) in [5.41, 5.74) is 8.05. The van der Waals surface area contributed by atoms with E-state index < -0.39 is 11.8 Å². The molecular formula is C20H20ClN3O3. The van der Waals surface area contributed by atoms with Crippen molar-refractivity contribution in [3.63, 3.8) is 0 Å². The Morgan fingerprint density at radius 3 is 2.56 bits per heavy atom. The van der Waals surface area contributed by atoms with E-state index in [4.69, 9.17) is 17.3 Å². The van der Waals surface area contributed by atoms with Crippen LogP contribution in [-0.4, -0.2) is 29.2 Å². The minimum absolute atomic E-state index is 0.0437. The number of aryl methyl sites for hydroxylation is 1. The van der Waals surface area contributed by atoms with Crippen LogP contribution in [0.3, 0.4) is 0 Å². The summed E-state index contributed by atoms with van der Waals surface area (Å²) in [6.45, 7) is 2.86. The Bertz CT molecular complexity index is 896. The molecule has 0 spiro atoms. The summed E-state index contributed by atoms with van der Waals surface area (Å²) >= 11 is 6.00. The van der Waals surface area contributed by atoms with Gasteiger partial charge in [0.25, 0.3) is 0 Å². The average molecular weight is 386 g/mol. The molecule has 0 aromatic heterocycles. The molecule has 0 bridgehead atoms. The summed E-state index contributed by atoms with van der Waals surface area (Å²) in [4.78, 5) is 37.7. The molecule has 1 atom stereocenters. The van der Waals surface area contributed by atoms with Crippen LogP contribution in [0.4, 0.5) is 5.69 Å². The van der Waals surface area contributed by atoms with Gasteiger partial charge in [-0.15, -0.1) is 0 Å². The molecule has 1 heterocycles. The zero-order valence-electron chi connectivity index (χ0n) is 14.9. The van der Waals surface area contributed by atoms with Gasteiger partial charge >= 0.3 is 0 Å². The molecule has 1 aliphatic heterocycles. The van der Waals surface area contributed by atoms with Gasteiger partial charge in [-0.1, -0.05) is 41.4 Å². The highest BCUT2D eigenvalue weighted by atomic mass is 35.5. The van der Waals surface area contributed by atoms with Crippen molar-refractivity contribution in [3.05, 3.63) is 64.2 Å². The van der Waals surface area contributed by atoms with Crippen LogP contribution in [-0.2, 0) is 16.1 Å². The maximum atomic E-state index is 12.5. The van der Waals surface area contributed by atoms with E-state index in [0.29, 0.717) is 18.8 Å². The van der Waals surface area contributed by atoms with Crippen LogP contribution in [0, 0.1) is 12.8 Å². The van der Waals surface area contributed by atoms with E-state index in [0.717, 1.165) is 11.1 Å². The first-order chi connectivity index (χ1) is 12.8. The van der Waals surface area contributed by atoms with Gasteiger partial charge in [0.05, 0.1) is 16.5 Å². The molecule has 1 unspecified atom stereocenters. The molecular weight excluding hydrogens is 366 g/mol. The van der Waals surface area contributed by atoms with Crippen LogP contribution >= 0.6 is 11.6 Å². The highest BCUT2D eigenvalue weighted by molar-refractivity contribution is 6.34. The molecule has 2 aromatic rings. The van der Waals surface area contributed by atoms with Crippen molar-refractivity contribution in [1.29, 1.82) is 0 Å². The number of hydrogen-bond acceptors (Lipinski definition) is 3. The number of benzene rings is 2. The lowest BCUT2D eigenvalue weighted by molar-refractivity contribution is -0.128. The Kier molecular flexibility index (Phi) is 5.46. The second kappa shape index (κ2) is 7.80. The summed E-state index contributed by atoms with van der Waals surface area (Å²) in [7, 11) is 0. The molecule has 3 N–H and O–H groups in total. The van der Waals surface area contributed by atoms with E-state index in [2.05, 4.69) is 5.32 Å². The van der Waals surface area contributed by atoms with Crippen LogP contribution in [0.15, 0.2) is 42.5 Å². The molecule has 0 saturated carbocycles. The summed E-state index contributed by atoms with van der Waals surface area (Å²) in [6, 6.07) is 12.5. The third-order valence-electron chi connectivity index (χ3n) is 4.58. The Morgan fingerprint density at radius 1 is 1.22 bits per heavy atom. The fourth-order valence-corrected chi connectivity index (χ4v) is 3.33. The fraction of sp³-hybridized carbons (Fsp3) is 0.250. The molecule has 0 radical (unpaired) electrons. The number of carbonyl (C=O) groups excluding carboxylic acids is 3. The summed E-state index contributed by atoms with van der Waals surface area (Å²) in [5, 5.41) is 2.92. The number of nitrogens with one attached hydrogen (secondary N) is 1. The third kappa shape index (κ3) is 4.46. The van der Waals surface area contributed by atoms with Crippen molar-refractivity contribution in [2.75, 3.05) is 11.9 Å². The van der Waals surface area contributed by atoms with Crippen LogP contribution in [0.5, 0.6) is 0 Å². The smallest absolute Gasteiger partial charge is 0.250 e. The first-order valence-corrected chi connectivity index (χ1v) is 8.95.